The van der Waals surface area contributed by atoms with E-state index in [1.165, 1.54) is 36.4 Å². The molecule has 1 aliphatic carbocycles. The van der Waals surface area contributed by atoms with E-state index in [0.717, 1.165) is 6.08 Å². The first-order valence-electron chi connectivity index (χ1n) is 7.69. The molecule has 0 bridgehead atoms. The summed E-state index contributed by atoms with van der Waals surface area (Å²) in [6.07, 6.45) is -3.39. The van der Waals surface area contributed by atoms with Gasteiger partial charge in [0.15, 0.2) is 5.78 Å². The number of halogens is 4. The zero-order valence-corrected chi connectivity index (χ0v) is 13.1. The second-order valence-corrected chi connectivity index (χ2v) is 5.95. The molecule has 0 unspecified atom stereocenters. The Bertz CT molecular complexity index is 801. The predicted octanol–water partition coefficient (Wildman–Crippen LogP) is 4.64. The molecule has 0 fully saturated rings. The number of carbonyl (C=O) groups is 1. The topological polar surface area (TPSA) is 29.1 Å². The highest BCUT2D eigenvalue weighted by atomic mass is 19.4. The van der Waals surface area contributed by atoms with E-state index in [9.17, 15) is 22.4 Å². The number of hydrogen-bond acceptors (Lipinski definition) is 2. The highest BCUT2D eigenvalue weighted by Crippen LogP contribution is 2.44. The fourth-order valence-electron chi connectivity index (χ4n) is 3.24. The van der Waals surface area contributed by atoms with E-state index in [-0.39, 0.29) is 11.3 Å². The van der Waals surface area contributed by atoms with Crippen LogP contribution in [0.15, 0.2) is 66.7 Å². The van der Waals surface area contributed by atoms with Gasteiger partial charge in [-0.3, -0.25) is 4.79 Å². The molecule has 25 heavy (non-hydrogen) atoms. The Morgan fingerprint density at radius 1 is 1.00 bits per heavy atom. The van der Waals surface area contributed by atoms with Crippen molar-refractivity contribution in [2.75, 3.05) is 5.32 Å². The average molecular weight is 349 g/mol. The van der Waals surface area contributed by atoms with E-state index in [1.807, 2.05) is 0 Å². The van der Waals surface area contributed by atoms with Gasteiger partial charge < -0.3 is 5.32 Å². The Labute approximate surface area is 142 Å². The van der Waals surface area contributed by atoms with Gasteiger partial charge in [-0.2, -0.15) is 13.2 Å². The second-order valence-electron chi connectivity index (χ2n) is 5.95. The first-order valence-corrected chi connectivity index (χ1v) is 7.69. The maximum atomic E-state index is 13.9. The third-order valence-corrected chi connectivity index (χ3v) is 4.36. The number of allylic oxidation sites excluding steroid dienone is 1. The third-order valence-electron chi connectivity index (χ3n) is 4.36. The van der Waals surface area contributed by atoms with Crippen LogP contribution in [0.4, 0.5) is 23.2 Å². The van der Waals surface area contributed by atoms with Gasteiger partial charge in [0.05, 0.1) is 23.6 Å². The Morgan fingerprint density at radius 3 is 2.28 bits per heavy atom. The highest BCUT2D eigenvalue weighted by molar-refractivity contribution is 6.03. The van der Waals surface area contributed by atoms with Gasteiger partial charge in [0.2, 0.25) is 0 Å². The molecule has 0 aromatic heterocycles. The molecule has 0 aliphatic heterocycles. The first-order chi connectivity index (χ1) is 11.8. The van der Waals surface area contributed by atoms with Gasteiger partial charge in [-0.1, -0.05) is 48.5 Å². The predicted molar refractivity (Wildman–Crippen MR) is 86.7 cm³/mol. The van der Waals surface area contributed by atoms with E-state index < -0.39 is 35.7 Å². The van der Waals surface area contributed by atoms with Crippen molar-refractivity contribution in [3.8, 4) is 0 Å². The second kappa shape index (κ2) is 6.35. The van der Waals surface area contributed by atoms with Crippen LogP contribution in [-0.4, -0.2) is 18.0 Å². The van der Waals surface area contributed by atoms with E-state index in [0.29, 0.717) is 0 Å². The number of alkyl halides is 3. The van der Waals surface area contributed by atoms with Gasteiger partial charge in [-0.15, -0.1) is 0 Å². The van der Waals surface area contributed by atoms with Gasteiger partial charge in [0.1, 0.15) is 5.82 Å². The molecule has 0 amide bonds. The van der Waals surface area contributed by atoms with Crippen molar-refractivity contribution >= 4 is 11.5 Å². The summed E-state index contributed by atoms with van der Waals surface area (Å²) in [4.78, 5) is 12.5. The highest BCUT2D eigenvalue weighted by Gasteiger charge is 2.54. The van der Waals surface area contributed by atoms with Crippen LogP contribution >= 0.6 is 0 Å². The molecule has 1 N–H and O–H groups in total. The largest absolute Gasteiger partial charge is 0.390 e. The molecule has 2 aromatic carbocycles. The van der Waals surface area contributed by atoms with Crippen LogP contribution in [-0.2, 0) is 10.2 Å². The van der Waals surface area contributed by atoms with Crippen LogP contribution in [0.25, 0.3) is 0 Å². The molecule has 2 aromatic rings. The number of para-hydroxylation sites is 1. The standard InChI is InChI=1S/C19H15F4NO/c20-14-8-4-5-9-15(14)24-16-10-11-17(25)18(16,12-19(21,22)23)13-6-2-1-3-7-13/h1-11,16,24H,12H2/t16-,18-/m1/s1. The lowest BCUT2D eigenvalue weighted by molar-refractivity contribution is -0.155. The van der Waals surface area contributed by atoms with Crippen molar-refractivity contribution < 1.29 is 22.4 Å². The number of carbonyl (C=O) groups excluding carboxylic acids is 1. The Hall–Kier alpha value is -2.63. The Morgan fingerprint density at radius 2 is 1.64 bits per heavy atom. The molecule has 6 heteroatoms. The zero-order chi connectivity index (χ0) is 18.1. The molecule has 0 spiro atoms. The van der Waals surface area contributed by atoms with Crippen LogP contribution in [0.2, 0.25) is 0 Å². The molecule has 130 valence electrons. The molecule has 0 saturated heterocycles. The molecule has 3 rings (SSSR count). The van der Waals surface area contributed by atoms with Crippen molar-refractivity contribution in [3.05, 3.63) is 78.1 Å². The lowest BCUT2D eigenvalue weighted by atomic mass is 9.71. The van der Waals surface area contributed by atoms with E-state index >= 15 is 0 Å². The molecular formula is C19H15F4NO. The minimum absolute atomic E-state index is 0.0503. The summed E-state index contributed by atoms with van der Waals surface area (Å²) < 4.78 is 53.9. The van der Waals surface area contributed by atoms with Gasteiger partial charge >= 0.3 is 6.18 Å². The molecular weight excluding hydrogens is 334 g/mol. The summed E-state index contributed by atoms with van der Waals surface area (Å²) >= 11 is 0. The summed E-state index contributed by atoms with van der Waals surface area (Å²) in [6, 6.07) is 12.5. The quantitative estimate of drug-likeness (QED) is 0.815. The molecule has 0 radical (unpaired) electrons. The maximum absolute atomic E-state index is 13.9. The van der Waals surface area contributed by atoms with E-state index in [4.69, 9.17) is 0 Å². The van der Waals surface area contributed by atoms with Crippen LogP contribution in [0, 0.1) is 5.82 Å². The number of ketones is 1. The van der Waals surface area contributed by atoms with Crippen LogP contribution in [0.5, 0.6) is 0 Å². The maximum Gasteiger partial charge on any atom is 0.390 e. The number of hydrogen-bond donors (Lipinski definition) is 1. The third kappa shape index (κ3) is 3.29. The van der Waals surface area contributed by atoms with Crippen molar-refractivity contribution in [2.24, 2.45) is 0 Å². The lowest BCUT2D eigenvalue weighted by Crippen LogP contribution is -2.48. The lowest BCUT2D eigenvalue weighted by Gasteiger charge is -2.36. The van der Waals surface area contributed by atoms with Crippen molar-refractivity contribution in [3.63, 3.8) is 0 Å². The average Bonchev–Trinajstić information content (AvgIpc) is 2.86. The van der Waals surface area contributed by atoms with Gasteiger partial charge in [-0.05, 0) is 23.8 Å². The SMILES string of the molecule is O=C1C=C[C@@H](Nc2ccccc2F)[C@@]1(CC(F)(F)F)c1ccccc1. The smallest absolute Gasteiger partial charge is 0.375 e. The van der Waals surface area contributed by atoms with E-state index in [2.05, 4.69) is 5.32 Å². The zero-order valence-electron chi connectivity index (χ0n) is 13.1. The minimum Gasteiger partial charge on any atom is -0.375 e. The molecule has 1 aliphatic rings. The molecule has 2 nitrogen and oxygen atoms in total. The summed E-state index contributed by atoms with van der Waals surface area (Å²) in [5, 5.41) is 2.77. The number of anilines is 1. The van der Waals surface area contributed by atoms with Crippen molar-refractivity contribution in [1.82, 2.24) is 0 Å². The van der Waals surface area contributed by atoms with Gasteiger partial charge in [-0.25, -0.2) is 4.39 Å². The van der Waals surface area contributed by atoms with Crippen molar-refractivity contribution in [1.29, 1.82) is 0 Å². The summed E-state index contributed by atoms with van der Waals surface area (Å²) in [6.45, 7) is 0. The number of nitrogens with one attached hydrogen (secondary N) is 1. The Balaban J connectivity index is 2.07. The fraction of sp³-hybridized carbons (Fsp3) is 0.211. The monoisotopic (exact) mass is 349 g/mol. The number of benzene rings is 2. The summed E-state index contributed by atoms with van der Waals surface area (Å²) in [5.74, 6) is -1.24. The molecule has 0 saturated carbocycles. The molecule has 2 atom stereocenters. The van der Waals surface area contributed by atoms with Crippen LogP contribution in [0.1, 0.15) is 12.0 Å². The fourth-order valence-corrected chi connectivity index (χ4v) is 3.24. The van der Waals surface area contributed by atoms with E-state index in [1.54, 1.807) is 24.3 Å². The first kappa shape index (κ1) is 17.2. The number of rotatable bonds is 4. The van der Waals surface area contributed by atoms with Crippen LogP contribution in [0.3, 0.4) is 0 Å². The minimum atomic E-state index is -4.56. The summed E-state index contributed by atoms with van der Waals surface area (Å²) in [5.41, 5.74) is -1.56. The normalized spacial score (nSPS) is 23.0. The van der Waals surface area contributed by atoms with Crippen molar-refractivity contribution in [2.45, 2.75) is 24.1 Å². The van der Waals surface area contributed by atoms with Crippen LogP contribution < -0.4 is 5.32 Å². The summed E-state index contributed by atoms with van der Waals surface area (Å²) in [7, 11) is 0. The molecule has 0 heterocycles. The van der Waals surface area contributed by atoms with Gasteiger partial charge in [0.25, 0.3) is 0 Å². The van der Waals surface area contributed by atoms with Gasteiger partial charge in [0, 0.05) is 0 Å². The Kier molecular flexibility index (Phi) is 4.37.